The topological polar surface area (TPSA) is 8.17 Å². The summed E-state index contributed by atoms with van der Waals surface area (Å²) >= 11 is 1.86. The van der Waals surface area contributed by atoms with Crippen LogP contribution in [0.2, 0.25) is 0 Å². The molecule has 258 valence electrons. The van der Waals surface area contributed by atoms with E-state index in [2.05, 4.69) is 216 Å². The third-order valence-corrected chi connectivity index (χ3v) is 12.1. The molecule has 11 rings (SSSR count). The van der Waals surface area contributed by atoms with Gasteiger partial charge in [-0.25, -0.2) is 0 Å². The third-order valence-electron chi connectivity index (χ3n) is 11.0. The van der Waals surface area contributed by atoms with E-state index >= 15 is 0 Å². The number of rotatable bonds is 6. The molecule has 0 aliphatic rings. The standard InChI is InChI=1S/C52H34N2S/c1-2-14-35(15-3-1)42-25-11-16-36-17-12-26-43(52(36)42)37-18-10-19-38(32-37)53(41-30-31-47-46-24-6-9-29-50(46)55-51(47)34-41)39-20-13-21-40(33-39)54-48-27-7-4-22-44(48)45-23-5-8-28-49(45)54/h1-34H. The Balaban J connectivity index is 1.13. The lowest BCUT2D eigenvalue weighted by Crippen LogP contribution is -2.10. The second kappa shape index (κ2) is 12.9. The molecule has 0 saturated carbocycles. The number of para-hydroxylation sites is 2. The predicted octanol–water partition coefficient (Wildman–Crippen LogP) is 15.1. The van der Waals surface area contributed by atoms with Crippen LogP contribution in [0.5, 0.6) is 0 Å². The lowest BCUT2D eigenvalue weighted by molar-refractivity contribution is 1.17. The number of thiophene rings is 1. The molecule has 11 aromatic rings. The van der Waals surface area contributed by atoms with E-state index in [1.165, 1.54) is 75.0 Å². The predicted molar refractivity (Wildman–Crippen MR) is 237 cm³/mol. The molecule has 0 fully saturated rings. The summed E-state index contributed by atoms with van der Waals surface area (Å²) in [4.78, 5) is 2.42. The molecule has 0 aliphatic carbocycles. The Morgan fingerprint density at radius 2 is 0.927 bits per heavy atom. The van der Waals surface area contributed by atoms with Gasteiger partial charge in [0.15, 0.2) is 0 Å². The van der Waals surface area contributed by atoms with Gasteiger partial charge in [0.2, 0.25) is 0 Å². The fraction of sp³-hybridized carbons (Fsp3) is 0. The zero-order valence-electron chi connectivity index (χ0n) is 29.9. The number of nitrogens with zero attached hydrogens (tertiary/aromatic N) is 2. The van der Waals surface area contributed by atoms with E-state index in [0.29, 0.717) is 0 Å². The summed E-state index contributed by atoms with van der Waals surface area (Å²) in [6.07, 6.45) is 0. The monoisotopic (exact) mass is 718 g/mol. The molecule has 0 N–H and O–H groups in total. The van der Waals surface area contributed by atoms with Gasteiger partial charge in [-0.1, -0.05) is 146 Å². The second-order valence-electron chi connectivity index (χ2n) is 14.1. The summed E-state index contributed by atoms with van der Waals surface area (Å²) < 4.78 is 4.99. The van der Waals surface area contributed by atoms with Crippen LogP contribution in [0.4, 0.5) is 17.1 Å². The molecular formula is C52H34N2S. The van der Waals surface area contributed by atoms with Crippen LogP contribution in [-0.4, -0.2) is 4.57 Å². The lowest BCUT2D eigenvalue weighted by atomic mass is 9.91. The number of aromatic nitrogens is 1. The van der Waals surface area contributed by atoms with Crippen LogP contribution in [0, 0.1) is 0 Å². The molecule has 2 nitrogen and oxygen atoms in total. The quantitative estimate of drug-likeness (QED) is 0.166. The molecule has 0 bridgehead atoms. The van der Waals surface area contributed by atoms with Gasteiger partial charge in [-0.3, -0.25) is 0 Å². The normalized spacial score (nSPS) is 11.6. The minimum atomic E-state index is 1.10. The van der Waals surface area contributed by atoms with Crippen LogP contribution < -0.4 is 4.90 Å². The highest BCUT2D eigenvalue weighted by atomic mass is 32.1. The van der Waals surface area contributed by atoms with E-state index in [1.54, 1.807) is 0 Å². The van der Waals surface area contributed by atoms with Gasteiger partial charge < -0.3 is 9.47 Å². The van der Waals surface area contributed by atoms with Crippen molar-refractivity contribution in [2.45, 2.75) is 0 Å². The third kappa shape index (κ3) is 5.24. The Labute approximate surface area is 323 Å². The maximum absolute atomic E-state index is 2.42. The van der Waals surface area contributed by atoms with Crippen LogP contribution in [0.3, 0.4) is 0 Å². The summed E-state index contributed by atoms with van der Waals surface area (Å²) in [7, 11) is 0. The summed E-state index contributed by atoms with van der Waals surface area (Å²) in [6.45, 7) is 0. The van der Waals surface area contributed by atoms with E-state index in [-0.39, 0.29) is 0 Å². The molecule has 0 spiro atoms. The fourth-order valence-electron chi connectivity index (χ4n) is 8.53. The van der Waals surface area contributed by atoms with Crippen molar-refractivity contribution in [2.75, 3.05) is 4.90 Å². The summed E-state index contributed by atoms with van der Waals surface area (Å²) in [5.41, 5.74) is 11.7. The van der Waals surface area contributed by atoms with Gasteiger partial charge in [0, 0.05) is 53.7 Å². The number of anilines is 3. The van der Waals surface area contributed by atoms with Crippen LogP contribution in [0.15, 0.2) is 206 Å². The zero-order valence-corrected chi connectivity index (χ0v) is 30.7. The molecule has 0 amide bonds. The zero-order chi connectivity index (χ0) is 36.3. The van der Waals surface area contributed by atoms with E-state index in [0.717, 1.165) is 22.7 Å². The largest absolute Gasteiger partial charge is 0.310 e. The highest BCUT2D eigenvalue weighted by Gasteiger charge is 2.19. The highest BCUT2D eigenvalue weighted by molar-refractivity contribution is 7.25. The number of hydrogen-bond donors (Lipinski definition) is 0. The molecule has 0 aliphatic heterocycles. The number of hydrogen-bond acceptors (Lipinski definition) is 2. The van der Waals surface area contributed by atoms with Gasteiger partial charge in [-0.2, -0.15) is 0 Å². The lowest BCUT2D eigenvalue weighted by Gasteiger charge is -2.27. The maximum Gasteiger partial charge on any atom is 0.0541 e. The van der Waals surface area contributed by atoms with Gasteiger partial charge >= 0.3 is 0 Å². The molecule has 9 aromatic carbocycles. The van der Waals surface area contributed by atoms with Crippen LogP contribution in [0.1, 0.15) is 0 Å². The van der Waals surface area contributed by atoms with Gasteiger partial charge in [0.1, 0.15) is 0 Å². The smallest absolute Gasteiger partial charge is 0.0541 e. The van der Waals surface area contributed by atoms with Gasteiger partial charge in [-0.05, 0) is 93.7 Å². The summed E-state index contributed by atoms with van der Waals surface area (Å²) in [5.74, 6) is 0. The fourth-order valence-corrected chi connectivity index (χ4v) is 9.66. The highest BCUT2D eigenvalue weighted by Crippen LogP contribution is 2.44. The Morgan fingerprint density at radius 3 is 1.69 bits per heavy atom. The van der Waals surface area contributed by atoms with Crippen molar-refractivity contribution >= 4 is 81.1 Å². The Hall–Kier alpha value is -6.94. The van der Waals surface area contributed by atoms with Crippen LogP contribution in [0.25, 0.3) is 80.7 Å². The van der Waals surface area contributed by atoms with Crippen molar-refractivity contribution in [3.63, 3.8) is 0 Å². The van der Waals surface area contributed by atoms with E-state index < -0.39 is 0 Å². The molecule has 2 heterocycles. The van der Waals surface area contributed by atoms with Crippen molar-refractivity contribution in [1.29, 1.82) is 0 Å². The first-order valence-electron chi connectivity index (χ1n) is 18.8. The molecule has 0 radical (unpaired) electrons. The van der Waals surface area contributed by atoms with Crippen molar-refractivity contribution in [3.05, 3.63) is 206 Å². The minimum absolute atomic E-state index is 1.10. The van der Waals surface area contributed by atoms with E-state index in [9.17, 15) is 0 Å². The van der Waals surface area contributed by atoms with Crippen molar-refractivity contribution < 1.29 is 0 Å². The van der Waals surface area contributed by atoms with Gasteiger partial charge in [0.25, 0.3) is 0 Å². The molecule has 3 heteroatoms. The minimum Gasteiger partial charge on any atom is -0.310 e. The Morgan fingerprint density at radius 1 is 0.364 bits per heavy atom. The number of fused-ring (bicyclic) bond motifs is 7. The SMILES string of the molecule is c1ccc(-c2cccc3cccc(-c4cccc(N(c5cccc(-n6c7ccccc7c7ccccc76)c5)c5ccc6c(c5)sc5ccccc56)c4)c23)cc1. The molecule has 55 heavy (non-hydrogen) atoms. The van der Waals surface area contributed by atoms with Crippen molar-refractivity contribution in [3.8, 4) is 27.9 Å². The first kappa shape index (κ1) is 31.6. The molecule has 0 saturated heterocycles. The summed E-state index contributed by atoms with van der Waals surface area (Å²) in [6, 6.07) is 75.2. The number of benzene rings is 9. The van der Waals surface area contributed by atoms with E-state index in [1.807, 2.05) is 11.3 Å². The van der Waals surface area contributed by atoms with Crippen LogP contribution in [-0.2, 0) is 0 Å². The van der Waals surface area contributed by atoms with E-state index in [4.69, 9.17) is 0 Å². The first-order valence-corrected chi connectivity index (χ1v) is 19.6. The maximum atomic E-state index is 2.42. The Bertz CT molecular complexity index is 3170. The van der Waals surface area contributed by atoms with Crippen LogP contribution >= 0.6 is 11.3 Å². The van der Waals surface area contributed by atoms with Crippen molar-refractivity contribution in [2.24, 2.45) is 0 Å². The average molecular weight is 719 g/mol. The molecule has 2 aromatic heterocycles. The average Bonchev–Trinajstić information content (AvgIpc) is 3.79. The van der Waals surface area contributed by atoms with Gasteiger partial charge in [-0.15, -0.1) is 11.3 Å². The second-order valence-corrected chi connectivity index (χ2v) is 15.2. The molecule has 0 atom stereocenters. The van der Waals surface area contributed by atoms with Crippen molar-refractivity contribution in [1.82, 2.24) is 4.57 Å². The molecule has 0 unspecified atom stereocenters. The Kier molecular flexibility index (Phi) is 7.39. The summed E-state index contributed by atoms with van der Waals surface area (Å²) in [5, 5.41) is 7.61. The van der Waals surface area contributed by atoms with Gasteiger partial charge in [0.05, 0.1) is 11.0 Å². The molecular weight excluding hydrogens is 685 g/mol. The first-order chi connectivity index (χ1) is 27.3.